The Morgan fingerprint density at radius 1 is 1.50 bits per heavy atom. The molecular formula is C16H23Cl2N3O2S. The number of nitrogens with zero attached hydrogens (tertiary/aromatic N) is 2. The van der Waals surface area contributed by atoms with Crippen molar-refractivity contribution in [2.45, 2.75) is 32.2 Å². The molecule has 3 heterocycles. The standard InChI is InChI=1S/C16H21N3O2S.2ClH/c1-11-13(18-16(21-11)14-6-4-8-22-14)9-15(20)19-7-3-5-12(19)10-17-2;;/h4,6,8,12,17H,3,5,7,9-10H2,1-2H3;2*1H. The molecule has 1 saturated heterocycles. The fourth-order valence-electron chi connectivity index (χ4n) is 2.95. The first-order valence-corrected chi connectivity index (χ1v) is 8.51. The summed E-state index contributed by atoms with van der Waals surface area (Å²) >= 11 is 1.59. The molecule has 0 aromatic carbocycles. The number of carbonyl (C=O) groups is 1. The van der Waals surface area contributed by atoms with Crippen molar-refractivity contribution in [3.8, 4) is 10.8 Å². The van der Waals surface area contributed by atoms with Crippen LogP contribution in [0, 0.1) is 6.92 Å². The second-order valence-corrected chi connectivity index (χ2v) is 6.56. The molecule has 0 spiro atoms. The van der Waals surface area contributed by atoms with Crippen molar-refractivity contribution in [2.75, 3.05) is 20.1 Å². The van der Waals surface area contributed by atoms with Gasteiger partial charge in [-0.05, 0) is 38.3 Å². The largest absolute Gasteiger partial charge is 0.440 e. The number of amides is 1. The summed E-state index contributed by atoms with van der Waals surface area (Å²) in [4.78, 5) is 20.1. The van der Waals surface area contributed by atoms with Crippen LogP contribution in [0.5, 0.6) is 0 Å². The van der Waals surface area contributed by atoms with E-state index in [0.29, 0.717) is 18.4 Å². The molecule has 1 atom stereocenters. The van der Waals surface area contributed by atoms with E-state index in [1.165, 1.54) is 0 Å². The van der Waals surface area contributed by atoms with E-state index in [9.17, 15) is 4.79 Å². The number of halogens is 2. The van der Waals surface area contributed by atoms with Crippen LogP contribution < -0.4 is 5.32 Å². The zero-order valence-electron chi connectivity index (χ0n) is 13.8. The summed E-state index contributed by atoms with van der Waals surface area (Å²) in [5.41, 5.74) is 0.753. The maximum atomic E-state index is 12.6. The van der Waals surface area contributed by atoms with Crippen LogP contribution in [0.2, 0.25) is 0 Å². The van der Waals surface area contributed by atoms with E-state index in [4.69, 9.17) is 4.42 Å². The molecule has 1 amide bonds. The van der Waals surface area contributed by atoms with Crippen LogP contribution in [0.15, 0.2) is 21.9 Å². The van der Waals surface area contributed by atoms with Gasteiger partial charge in [0, 0.05) is 19.1 Å². The van der Waals surface area contributed by atoms with E-state index >= 15 is 0 Å². The number of aromatic nitrogens is 1. The molecular weight excluding hydrogens is 369 g/mol. The lowest BCUT2D eigenvalue weighted by atomic mass is 10.2. The van der Waals surface area contributed by atoms with E-state index in [-0.39, 0.29) is 30.7 Å². The molecule has 3 rings (SSSR count). The summed E-state index contributed by atoms with van der Waals surface area (Å²) in [6, 6.07) is 4.25. The SMILES string of the molecule is CNCC1CCCN1C(=O)Cc1nc(-c2cccs2)oc1C.Cl.Cl. The molecule has 5 nitrogen and oxygen atoms in total. The number of oxazole rings is 1. The van der Waals surface area contributed by atoms with Gasteiger partial charge in [-0.15, -0.1) is 36.2 Å². The van der Waals surface area contributed by atoms with Gasteiger partial charge in [0.15, 0.2) is 0 Å². The molecule has 8 heteroatoms. The summed E-state index contributed by atoms with van der Waals surface area (Å²) < 4.78 is 5.71. The van der Waals surface area contributed by atoms with Gasteiger partial charge >= 0.3 is 0 Å². The van der Waals surface area contributed by atoms with Gasteiger partial charge in [-0.25, -0.2) is 4.98 Å². The summed E-state index contributed by atoms with van der Waals surface area (Å²) in [7, 11) is 1.93. The predicted octanol–water partition coefficient (Wildman–Crippen LogP) is 3.31. The lowest BCUT2D eigenvalue weighted by Crippen LogP contribution is -2.41. The van der Waals surface area contributed by atoms with Gasteiger partial charge in [-0.3, -0.25) is 4.79 Å². The second kappa shape index (κ2) is 9.42. The zero-order valence-corrected chi connectivity index (χ0v) is 16.2. The molecule has 0 radical (unpaired) electrons. The third-order valence-electron chi connectivity index (χ3n) is 4.08. The minimum atomic E-state index is 0. The number of rotatable bonds is 5. The van der Waals surface area contributed by atoms with Crippen LogP contribution in [0.25, 0.3) is 10.8 Å². The smallest absolute Gasteiger partial charge is 0.236 e. The van der Waals surface area contributed by atoms with E-state index in [1.54, 1.807) is 11.3 Å². The Kier molecular flexibility index (Phi) is 8.22. The number of likely N-dealkylation sites (N-methyl/N-ethyl adjacent to an activating group) is 1. The summed E-state index contributed by atoms with van der Waals surface area (Å²) in [6.07, 6.45) is 2.47. The van der Waals surface area contributed by atoms with E-state index in [0.717, 1.165) is 42.3 Å². The van der Waals surface area contributed by atoms with Gasteiger partial charge in [0.1, 0.15) is 5.76 Å². The molecule has 1 aliphatic heterocycles. The maximum Gasteiger partial charge on any atom is 0.236 e. The minimum Gasteiger partial charge on any atom is -0.440 e. The highest BCUT2D eigenvalue weighted by atomic mass is 35.5. The van der Waals surface area contributed by atoms with Gasteiger partial charge in [0.05, 0.1) is 17.0 Å². The Hall–Kier alpha value is -1.08. The second-order valence-electron chi connectivity index (χ2n) is 5.62. The molecule has 1 fully saturated rings. The van der Waals surface area contributed by atoms with Crippen molar-refractivity contribution < 1.29 is 9.21 Å². The fraction of sp³-hybridized carbons (Fsp3) is 0.500. The molecule has 1 unspecified atom stereocenters. The van der Waals surface area contributed by atoms with Gasteiger partial charge < -0.3 is 14.6 Å². The third kappa shape index (κ3) is 4.51. The van der Waals surface area contributed by atoms with Crippen molar-refractivity contribution in [1.29, 1.82) is 0 Å². The normalized spacial score (nSPS) is 16.6. The van der Waals surface area contributed by atoms with Crippen LogP contribution in [-0.4, -0.2) is 42.0 Å². The van der Waals surface area contributed by atoms with Crippen LogP contribution in [0.1, 0.15) is 24.3 Å². The number of aryl methyl sites for hydroxylation is 1. The number of likely N-dealkylation sites (tertiary alicyclic amines) is 1. The number of hydrogen-bond acceptors (Lipinski definition) is 5. The van der Waals surface area contributed by atoms with Crippen molar-refractivity contribution in [3.63, 3.8) is 0 Å². The average Bonchev–Trinajstić information content (AvgIpc) is 3.21. The molecule has 1 aliphatic rings. The number of thiophene rings is 1. The van der Waals surface area contributed by atoms with Gasteiger partial charge in [-0.2, -0.15) is 0 Å². The minimum absolute atomic E-state index is 0. The zero-order chi connectivity index (χ0) is 15.5. The highest BCUT2D eigenvalue weighted by molar-refractivity contribution is 7.13. The van der Waals surface area contributed by atoms with Gasteiger partial charge in [0.2, 0.25) is 11.8 Å². The number of carbonyl (C=O) groups excluding carboxylic acids is 1. The molecule has 2 aromatic rings. The average molecular weight is 392 g/mol. The van der Waals surface area contributed by atoms with Crippen LogP contribution in [0.4, 0.5) is 0 Å². The molecule has 134 valence electrons. The Morgan fingerprint density at radius 2 is 2.29 bits per heavy atom. The van der Waals surface area contributed by atoms with Crippen LogP contribution >= 0.6 is 36.2 Å². The Morgan fingerprint density at radius 3 is 2.96 bits per heavy atom. The van der Waals surface area contributed by atoms with Crippen LogP contribution in [0.3, 0.4) is 0 Å². The number of nitrogens with one attached hydrogen (secondary N) is 1. The lowest BCUT2D eigenvalue weighted by molar-refractivity contribution is -0.131. The monoisotopic (exact) mass is 391 g/mol. The molecule has 1 N–H and O–H groups in total. The molecule has 0 bridgehead atoms. The fourth-order valence-corrected chi connectivity index (χ4v) is 3.60. The number of hydrogen-bond donors (Lipinski definition) is 1. The van der Waals surface area contributed by atoms with E-state index < -0.39 is 0 Å². The molecule has 24 heavy (non-hydrogen) atoms. The van der Waals surface area contributed by atoms with Gasteiger partial charge in [-0.1, -0.05) is 6.07 Å². The van der Waals surface area contributed by atoms with Crippen molar-refractivity contribution in [2.24, 2.45) is 0 Å². The molecule has 2 aromatic heterocycles. The predicted molar refractivity (Wildman–Crippen MR) is 101 cm³/mol. The summed E-state index contributed by atoms with van der Waals surface area (Å²) in [5, 5.41) is 5.16. The summed E-state index contributed by atoms with van der Waals surface area (Å²) in [5.74, 6) is 1.50. The Labute approximate surface area is 158 Å². The summed E-state index contributed by atoms with van der Waals surface area (Å²) in [6.45, 7) is 3.58. The van der Waals surface area contributed by atoms with Crippen molar-refractivity contribution >= 4 is 42.1 Å². The first kappa shape index (κ1) is 21.0. The molecule has 0 saturated carbocycles. The highest BCUT2D eigenvalue weighted by Crippen LogP contribution is 2.26. The van der Waals surface area contributed by atoms with Crippen molar-refractivity contribution in [3.05, 3.63) is 29.0 Å². The quantitative estimate of drug-likeness (QED) is 0.848. The third-order valence-corrected chi connectivity index (χ3v) is 4.94. The first-order chi connectivity index (χ1) is 10.7. The van der Waals surface area contributed by atoms with E-state index in [2.05, 4.69) is 10.3 Å². The molecule has 0 aliphatic carbocycles. The van der Waals surface area contributed by atoms with E-state index in [1.807, 2.05) is 36.4 Å². The first-order valence-electron chi connectivity index (χ1n) is 7.63. The lowest BCUT2D eigenvalue weighted by Gasteiger charge is -2.24. The maximum absolute atomic E-state index is 12.6. The van der Waals surface area contributed by atoms with Crippen LogP contribution in [-0.2, 0) is 11.2 Å². The Bertz CT molecular complexity index is 646. The Balaban J connectivity index is 0.00000144. The highest BCUT2D eigenvalue weighted by Gasteiger charge is 2.29. The van der Waals surface area contributed by atoms with Gasteiger partial charge in [0.25, 0.3) is 0 Å². The topological polar surface area (TPSA) is 58.4 Å². The van der Waals surface area contributed by atoms with Crippen molar-refractivity contribution in [1.82, 2.24) is 15.2 Å².